The maximum atomic E-state index is 13.2. The van der Waals surface area contributed by atoms with Crippen LogP contribution in [0.5, 0.6) is 11.5 Å². The molecule has 2 heterocycles. The van der Waals surface area contributed by atoms with Crippen LogP contribution < -0.4 is 10.3 Å². The molecule has 36 heavy (non-hydrogen) atoms. The number of likely N-dealkylation sites (tertiary alicyclic amines) is 1. The zero-order chi connectivity index (χ0) is 25.3. The predicted octanol–water partition coefficient (Wildman–Crippen LogP) is 4.20. The number of nitrogens with one attached hydrogen (secondary N) is 1. The number of fused-ring (bicyclic) bond motifs is 1. The van der Waals surface area contributed by atoms with Gasteiger partial charge in [-0.25, -0.2) is 13.8 Å². The molecule has 4 aromatic rings. The second-order valence-corrected chi connectivity index (χ2v) is 8.93. The van der Waals surface area contributed by atoms with E-state index >= 15 is 0 Å². The van der Waals surface area contributed by atoms with Crippen LogP contribution in [-0.4, -0.2) is 44.6 Å². The first-order valence-electron chi connectivity index (χ1n) is 11.5. The summed E-state index contributed by atoms with van der Waals surface area (Å²) in [6.45, 7) is 0.649. The van der Waals surface area contributed by atoms with Gasteiger partial charge in [0.25, 0.3) is 11.5 Å². The van der Waals surface area contributed by atoms with Crippen molar-refractivity contribution in [2.24, 2.45) is 0 Å². The van der Waals surface area contributed by atoms with Crippen LogP contribution in [-0.2, 0) is 6.42 Å². The number of carbonyl (C=O) groups excluding carboxylic acids is 1. The van der Waals surface area contributed by atoms with E-state index in [0.717, 1.165) is 0 Å². The van der Waals surface area contributed by atoms with E-state index in [0.29, 0.717) is 59.5 Å². The van der Waals surface area contributed by atoms with Crippen molar-refractivity contribution < 1.29 is 23.4 Å². The molecular formula is C27H23F2N3O4. The van der Waals surface area contributed by atoms with Gasteiger partial charge in [-0.3, -0.25) is 9.59 Å². The van der Waals surface area contributed by atoms with Gasteiger partial charge in [0.15, 0.2) is 5.75 Å². The number of hydrogen-bond acceptors (Lipinski definition) is 5. The van der Waals surface area contributed by atoms with Crippen LogP contribution in [0.25, 0.3) is 10.9 Å². The molecule has 0 spiro atoms. The van der Waals surface area contributed by atoms with E-state index in [4.69, 9.17) is 4.74 Å². The van der Waals surface area contributed by atoms with E-state index in [9.17, 15) is 23.5 Å². The maximum Gasteiger partial charge on any atom is 0.258 e. The van der Waals surface area contributed by atoms with Crippen LogP contribution in [0.2, 0.25) is 0 Å². The highest BCUT2D eigenvalue weighted by Crippen LogP contribution is 2.33. The van der Waals surface area contributed by atoms with Crippen molar-refractivity contribution in [3.63, 3.8) is 0 Å². The number of aliphatic hydroxyl groups is 1. The Morgan fingerprint density at radius 3 is 2.31 bits per heavy atom. The standard InChI is InChI=1S/C27H23F2N3O4/c28-19-4-1-17(2-5-19)26(34)32-13-11-27(35,12-14-32)15-18-3-10-22(24-23(18)25(33)31-16-30-24)36-21-8-6-20(29)7-9-21/h1-10,16,35H,11-15H2,(H,30,31,33). The van der Waals surface area contributed by atoms with Crippen LogP contribution in [0.4, 0.5) is 8.78 Å². The van der Waals surface area contributed by atoms with Gasteiger partial charge in [-0.2, -0.15) is 0 Å². The molecule has 2 N–H and O–H groups in total. The van der Waals surface area contributed by atoms with Gasteiger partial charge < -0.3 is 19.7 Å². The molecule has 1 saturated heterocycles. The molecule has 1 aromatic heterocycles. The lowest BCUT2D eigenvalue weighted by atomic mass is 9.84. The Morgan fingerprint density at radius 1 is 1.00 bits per heavy atom. The highest BCUT2D eigenvalue weighted by molar-refractivity contribution is 5.94. The summed E-state index contributed by atoms with van der Waals surface area (Å²) in [5, 5.41) is 11.6. The minimum atomic E-state index is -1.13. The minimum absolute atomic E-state index is 0.188. The summed E-state index contributed by atoms with van der Waals surface area (Å²) >= 11 is 0. The number of piperidine rings is 1. The average Bonchev–Trinajstić information content (AvgIpc) is 2.87. The topological polar surface area (TPSA) is 95.5 Å². The van der Waals surface area contributed by atoms with Gasteiger partial charge in [-0.05, 0) is 73.0 Å². The van der Waals surface area contributed by atoms with Crippen molar-refractivity contribution >= 4 is 16.8 Å². The lowest BCUT2D eigenvalue weighted by molar-refractivity contribution is -0.0160. The SMILES string of the molecule is O=C(c1ccc(F)cc1)N1CCC(O)(Cc2ccc(Oc3ccc(F)cc3)c3nc[nH]c(=O)c23)CC1. The van der Waals surface area contributed by atoms with Gasteiger partial charge in [-0.15, -0.1) is 0 Å². The molecule has 0 saturated carbocycles. The third kappa shape index (κ3) is 4.83. The van der Waals surface area contributed by atoms with Gasteiger partial charge in [0.1, 0.15) is 22.9 Å². The molecule has 0 bridgehead atoms. The van der Waals surface area contributed by atoms with Crippen molar-refractivity contribution in [1.29, 1.82) is 0 Å². The molecule has 9 heteroatoms. The summed E-state index contributed by atoms with van der Waals surface area (Å²) in [6.07, 6.45) is 2.09. The first-order chi connectivity index (χ1) is 17.3. The van der Waals surface area contributed by atoms with Crippen LogP contribution in [0.15, 0.2) is 71.8 Å². The number of ether oxygens (including phenoxy) is 1. The molecule has 0 unspecified atom stereocenters. The molecule has 7 nitrogen and oxygen atoms in total. The average molecular weight is 491 g/mol. The minimum Gasteiger partial charge on any atom is -0.455 e. The van der Waals surface area contributed by atoms with Crippen molar-refractivity contribution in [2.75, 3.05) is 13.1 Å². The number of aromatic nitrogens is 2. The Labute approximate surface area is 205 Å². The summed E-state index contributed by atoms with van der Waals surface area (Å²) in [7, 11) is 0. The third-order valence-corrected chi connectivity index (χ3v) is 6.48. The lowest BCUT2D eigenvalue weighted by Crippen LogP contribution is -2.47. The number of aromatic amines is 1. The monoisotopic (exact) mass is 491 g/mol. The van der Waals surface area contributed by atoms with Gasteiger partial charge in [0, 0.05) is 25.1 Å². The van der Waals surface area contributed by atoms with Crippen molar-refractivity contribution in [2.45, 2.75) is 24.9 Å². The number of nitrogens with zero attached hydrogens (tertiary/aromatic N) is 2. The van der Waals surface area contributed by atoms with Gasteiger partial charge in [0.2, 0.25) is 0 Å². The normalized spacial score (nSPS) is 15.1. The Bertz CT molecular complexity index is 1460. The molecule has 5 rings (SSSR count). The fourth-order valence-corrected chi connectivity index (χ4v) is 4.51. The maximum absolute atomic E-state index is 13.2. The number of rotatable bonds is 5. The first kappa shape index (κ1) is 23.6. The first-order valence-corrected chi connectivity index (χ1v) is 11.5. The summed E-state index contributed by atoms with van der Waals surface area (Å²) in [5.41, 5.74) is -0.178. The predicted molar refractivity (Wildman–Crippen MR) is 129 cm³/mol. The molecule has 3 aromatic carbocycles. The van der Waals surface area contributed by atoms with Crippen LogP contribution in [0.3, 0.4) is 0 Å². The summed E-state index contributed by atoms with van der Waals surface area (Å²) < 4.78 is 32.3. The van der Waals surface area contributed by atoms with Gasteiger partial charge in [-0.1, -0.05) is 6.07 Å². The Hall–Kier alpha value is -4.11. The number of amides is 1. The molecule has 1 amide bonds. The Balaban J connectivity index is 1.36. The molecule has 1 aliphatic rings. The van der Waals surface area contributed by atoms with Crippen LogP contribution >= 0.6 is 0 Å². The smallest absolute Gasteiger partial charge is 0.258 e. The lowest BCUT2D eigenvalue weighted by Gasteiger charge is -2.38. The zero-order valence-corrected chi connectivity index (χ0v) is 19.2. The number of carbonyl (C=O) groups is 1. The zero-order valence-electron chi connectivity index (χ0n) is 19.2. The Kier molecular flexibility index (Phi) is 6.24. The largest absolute Gasteiger partial charge is 0.455 e. The van der Waals surface area contributed by atoms with E-state index in [2.05, 4.69) is 9.97 Å². The summed E-state index contributed by atoms with van der Waals surface area (Å²) in [4.78, 5) is 34.0. The van der Waals surface area contributed by atoms with Gasteiger partial charge >= 0.3 is 0 Å². The van der Waals surface area contributed by atoms with E-state index in [-0.39, 0.29) is 17.9 Å². The van der Waals surface area contributed by atoms with Crippen LogP contribution in [0, 0.1) is 11.6 Å². The molecule has 0 radical (unpaired) electrons. The van der Waals surface area contributed by atoms with Gasteiger partial charge in [0.05, 0.1) is 17.3 Å². The second kappa shape index (κ2) is 9.50. The molecular weight excluding hydrogens is 468 g/mol. The highest BCUT2D eigenvalue weighted by atomic mass is 19.1. The third-order valence-electron chi connectivity index (χ3n) is 6.48. The molecule has 1 aliphatic heterocycles. The highest BCUT2D eigenvalue weighted by Gasteiger charge is 2.35. The number of benzene rings is 3. The van der Waals surface area contributed by atoms with Crippen molar-refractivity contribution in [1.82, 2.24) is 14.9 Å². The summed E-state index contributed by atoms with van der Waals surface area (Å²) in [5.74, 6) is -0.297. The van der Waals surface area contributed by atoms with Crippen molar-refractivity contribution in [3.05, 3.63) is 100 Å². The molecule has 0 aliphatic carbocycles. The quantitative estimate of drug-likeness (QED) is 0.436. The Morgan fingerprint density at radius 2 is 1.64 bits per heavy atom. The summed E-state index contributed by atoms with van der Waals surface area (Å²) in [6, 6.07) is 14.3. The second-order valence-electron chi connectivity index (χ2n) is 8.93. The fourth-order valence-electron chi connectivity index (χ4n) is 4.51. The van der Waals surface area contributed by atoms with E-state index in [1.807, 2.05) is 0 Å². The number of H-pyrrole nitrogens is 1. The van der Waals surface area contributed by atoms with E-state index in [1.54, 1.807) is 17.0 Å². The molecule has 184 valence electrons. The fraction of sp³-hybridized carbons (Fsp3) is 0.222. The molecule has 0 atom stereocenters. The van der Waals surface area contributed by atoms with Crippen molar-refractivity contribution in [3.8, 4) is 11.5 Å². The van der Waals surface area contributed by atoms with E-state index in [1.165, 1.54) is 54.9 Å². The number of halogens is 2. The number of hydrogen-bond donors (Lipinski definition) is 2. The molecule has 1 fully saturated rings. The van der Waals surface area contributed by atoms with E-state index < -0.39 is 17.2 Å². The van der Waals surface area contributed by atoms with Crippen LogP contribution in [0.1, 0.15) is 28.8 Å².